The van der Waals surface area contributed by atoms with Crippen LogP contribution >= 0.6 is 11.3 Å². The zero-order valence-electron chi connectivity index (χ0n) is 14.0. The van der Waals surface area contributed by atoms with Crippen molar-refractivity contribution < 1.29 is 14.3 Å². The van der Waals surface area contributed by atoms with E-state index in [1.807, 2.05) is 30.5 Å². The smallest absolute Gasteiger partial charge is 0.223 e. The fraction of sp³-hybridized carbons (Fsp3) is 0.200. The second kappa shape index (κ2) is 5.90. The van der Waals surface area contributed by atoms with Crippen molar-refractivity contribution >= 4 is 56.3 Å². The van der Waals surface area contributed by atoms with E-state index in [1.165, 1.54) is 23.5 Å². The third kappa shape index (κ3) is 2.94. The van der Waals surface area contributed by atoms with Gasteiger partial charge in [-0.3, -0.25) is 4.79 Å². The first-order chi connectivity index (χ1) is 11.2. The number of fused-ring (bicyclic) bond motifs is 1. The molecule has 1 aromatic carbocycles. The Balaban J connectivity index is 2.01. The van der Waals surface area contributed by atoms with Gasteiger partial charge in [-0.25, -0.2) is 9.37 Å². The number of thiazole rings is 1. The highest BCUT2D eigenvalue weighted by Crippen LogP contribution is 2.33. The molecule has 3 rings (SSSR count). The number of hydrogen-bond donors (Lipinski definition) is 2. The lowest BCUT2D eigenvalue weighted by atomic mass is 9.52. The Morgan fingerprint density at radius 3 is 2.83 bits per heavy atom. The summed E-state index contributed by atoms with van der Waals surface area (Å²) in [6.45, 7) is 1.92. The molecular weight excluding hydrogens is 324 g/mol. The van der Waals surface area contributed by atoms with Crippen molar-refractivity contribution in [1.82, 2.24) is 9.97 Å². The third-order valence-electron chi connectivity index (χ3n) is 3.99. The van der Waals surface area contributed by atoms with Crippen LogP contribution in [0.4, 0.5) is 4.39 Å². The summed E-state index contributed by atoms with van der Waals surface area (Å²) in [5.74, 6) is -0.586. The summed E-state index contributed by atoms with van der Waals surface area (Å²) in [4.78, 5) is 20.1. The lowest BCUT2D eigenvalue weighted by molar-refractivity contribution is 0.103. The number of H-pyrrole nitrogens is 1. The van der Waals surface area contributed by atoms with Gasteiger partial charge in [-0.15, -0.1) is 11.3 Å². The zero-order valence-corrected chi connectivity index (χ0v) is 14.8. The third-order valence-corrected chi connectivity index (χ3v) is 4.98. The molecule has 0 saturated heterocycles. The highest BCUT2D eigenvalue weighted by Gasteiger charge is 2.29. The van der Waals surface area contributed by atoms with Gasteiger partial charge in [-0.2, -0.15) is 0 Å². The summed E-state index contributed by atoms with van der Waals surface area (Å²) in [6, 6.07) is 4.27. The van der Waals surface area contributed by atoms with Gasteiger partial charge in [0.2, 0.25) is 5.78 Å². The summed E-state index contributed by atoms with van der Waals surface area (Å²) in [6.07, 6.45) is 0.829. The molecule has 1 atom stereocenters. The van der Waals surface area contributed by atoms with Crippen LogP contribution in [0.25, 0.3) is 10.9 Å². The molecule has 0 spiro atoms. The highest BCUT2D eigenvalue weighted by molar-refractivity contribution is 7.21. The molecule has 0 aliphatic rings. The van der Waals surface area contributed by atoms with E-state index in [1.54, 1.807) is 12.3 Å². The lowest BCUT2D eigenvalue weighted by Crippen LogP contribution is -2.23. The number of rotatable bonds is 4. The molecule has 4 nitrogen and oxygen atoms in total. The predicted molar refractivity (Wildman–Crippen MR) is 102 cm³/mol. The molecule has 0 aliphatic carbocycles. The number of benzene rings is 1. The predicted octanol–water partition coefficient (Wildman–Crippen LogP) is -0.311. The van der Waals surface area contributed by atoms with Crippen molar-refractivity contribution in [1.29, 1.82) is 0 Å². The second-order valence-corrected chi connectivity index (χ2v) is 8.15. The minimum atomic E-state index is -0.743. The fourth-order valence-corrected chi connectivity index (χ4v) is 3.47. The van der Waals surface area contributed by atoms with Gasteiger partial charge >= 0.3 is 0 Å². The van der Waals surface area contributed by atoms with Crippen molar-refractivity contribution in [3.63, 3.8) is 0 Å². The van der Waals surface area contributed by atoms with Crippen LogP contribution < -0.4 is 4.78 Å². The first kappa shape index (κ1) is 17.0. The number of carbonyl (C=O) groups is 1. The van der Waals surface area contributed by atoms with Crippen molar-refractivity contribution in [2.24, 2.45) is 0 Å². The summed E-state index contributed by atoms with van der Waals surface area (Å²) in [5.41, 5.74) is 1.57. The molecule has 0 unspecified atom stereocenters. The molecule has 2 heterocycles. The Bertz CT molecular complexity index is 933. The number of ketones is 1. The van der Waals surface area contributed by atoms with Crippen molar-refractivity contribution in [3.05, 3.63) is 46.5 Å². The standard InChI is InChI=1S/C15H16B3FN2O2S/c1-15(17,18)12(23)10-13(16)24-14(21-10)11(22)8-5-20-9-4-6(19)2-3-7(8)9/h2-5,12,20,23H,16-18H2,1H3/t12-/m1/s1. The van der Waals surface area contributed by atoms with Crippen LogP contribution in [0.3, 0.4) is 0 Å². The monoisotopic (exact) mass is 340 g/mol. The number of aromatic nitrogens is 2. The molecule has 9 heteroatoms. The topological polar surface area (TPSA) is 66.0 Å². The average Bonchev–Trinajstić information content (AvgIpc) is 3.08. The SMILES string of the molecule is Bc1sc(C(=O)c2c[nH]c3cc(F)ccc23)nc1[C@@H](O)C(B)(B)C. The molecule has 0 fully saturated rings. The zero-order chi connectivity index (χ0) is 17.6. The molecule has 0 saturated carbocycles. The number of hydrogen-bond acceptors (Lipinski definition) is 4. The van der Waals surface area contributed by atoms with Gasteiger partial charge in [0.25, 0.3) is 0 Å². The minimum Gasteiger partial charge on any atom is -0.388 e. The van der Waals surface area contributed by atoms with E-state index in [-0.39, 0.29) is 16.8 Å². The molecule has 3 aromatic rings. The molecular formula is C15H16B3FN2O2S. The number of aliphatic hydroxyl groups is 1. The van der Waals surface area contributed by atoms with Gasteiger partial charge < -0.3 is 10.1 Å². The highest BCUT2D eigenvalue weighted by atomic mass is 32.1. The maximum atomic E-state index is 13.3. The quantitative estimate of drug-likeness (QED) is 0.506. The second-order valence-electron chi connectivity index (χ2n) is 6.95. The Morgan fingerprint density at radius 1 is 1.46 bits per heavy atom. The van der Waals surface area contributed by atoms with Crippen molar-refractivity contribution in [2.45, 2.75) is 18.2 Å². The van der Waals surface area contributed by atoms with Crippen LogP contribution in [0.1, 0.15) is 34.1 Å². The van der Waals surface area contributed by atoms with Gasteiger partial charge in [0, 0.05) is 17.1 Å². The largest absolute Gasteiger partial charge is 0.388 e. The van der Waals surface area contributed by atoms with Crippen molar-refractivity contribution in [3.8, 4) is 0 Å². The number of halogens is 1. The summed E-state index contributed by atoms with van der Waals surface area (Å²) >= 11 is 1.27. The Hall–Kier alpha value is -1.86. The van der Waals surface area contributed by atoms with E-state index >= 15 is 0 Å². The molecule has 2 N–H and O–H groups in total. The molecule has 0 bridgehead atoms. The minimum absolute atomic E-state index is 0.228. The Labute approximate surface area is 145 Å². The van der Waals surface area contributed by atoms with Gasteiger partial charge in [-0.05, 0) is 23.0 Å². The average molecular weight is 340 g/mol. The van der Waals surface area contributed by atoms with Crippen LogP contribution in [0.5, 0.6) is 0 Å². The summed E-state index contributed by atoms with van der Waals surface area (Å²) in [7, 11) is 5.70. The molecule has 120 valence electrons. The molecule has 2 aromatic heterocycles. The summed E-state index contributed by atoms with van der Waals surface area (Å²) < 4.78 is 14.1. The summed E-state index contributed by atoms with van der Waals surface area (Å²) in [5, 5.41) is 11.1. The van der Waals surface area contributed by atoms with Crippen LogP contribution in [0.15, 0.2) is 24.4 Å². The maximum absolute atomic E-state index is 13.3. The van der Waals surface area contributed by atoms with Crippen LogP contribution in [-0.2, 0) is 0 Å². The van der Waals surface area contributed by atoms with Crippen LogP contribution in [0.2, 0.25) is 5.21 Å². The first-order valence-electron chi connectivity index (χ1n) is 7.65. The number of carbonyl (C=O) groups excluding carboxylic acids is 1. The fourth-order valence-electron chi connectivity index (χ4n) is 2.57. The number of nitrogens with one attached hydrogen (secondary N) is 1. The van der Waals surface area contributed by atoms with Crippen LogP contribution in [-0.4, -0.2) is 44.4 Å². The normalized spacial score (nSPS) is 13.3. The molecule has 0 radical (unpaired) electrons. The van der Waals surface area contributed by atoms with Crippen LogP contribution in [0, 0.1) is 5.82 Å². The van der Waals surface area contributed by atoms with Gasteiger partial charge in [0.1, 0.15) is 21.5 Å². The van der Waals surface area contributed by atoms with E-state index in [2.05, 4.69) is 9.97 Å². The van der Waals surface area contributed by atoms with Gasteiger partial charge in [0.15, 0.2) is 12.9 Å². The van der Waals surface area contributed by atoms with E-state index in [0.29, 0.717) is 27.2 Å². The number of nitrogens with zero attached hydrogens (tertiary/aromatic N) is 1. The van der Waals surface area contributed by atoms with E-state index in [9.17, 15) is 14.3 Å². The van der Waals surface area contributed by atoms with E-state index in [0.717, 1.165) is 4.78 Å². The number of aliphatic hydroxyl groups excluding tert-OH is 1. The Morgan fingerprint density at radius 2 is 2.17 bits per heavy atom. The van der Waals surface area contributed by atoms with E-state index in [4.69, 9.17) is 0 Å². The van der Waals surface area contributed by atoms with E-state index < -0.39 is 6.10 Å². The van der Waals surface area contributed by atoms with Gasteiger partial charge in [0.05, 0.1) is 17.4 Å². The maximum Gasteiger partial charge on any atom is 0.223 e. The number of aromatic amines is 1. The van der Waals surface area contributed by atoms with Gasteiger partial charge in [-0.1, -0.05) is 12.1 Å². The molecule has 24 heavy (non-hydrogen) atoms. The first-order valence-corrected chi connectivity index (χ1v) is 8.47. The molecule has 0 aliphatic heterocycles. The Kier molecular flexibility index (Phi) is 4.17. The lowest BCUT2D eigenvalue weighted by Gasteiger charge is -2.25. The molecule has 0 amide bonds. The van der Waals surface area contributed by atoms with Crippen molar-refractivity contribution in [2.75, 3.05) is 0 Å².